The van der Waals surface area contributed by atoms with Gasteiger partial charge in [0.2, 0.25) is 0 Å². The van der Waals surface area contributed by atoms with Crippen molar-refractivity contribution < 1.29 is 13.9 Å². The van der Waals surface area contributed by atoms with Gasteiger partial charge in [0.15, 0.2) is 0 Å². The summed E-state index contributed by atoms with van der Waals surface area (Å²) < 4.78 is 11.8. The summed E-state index contributed by atoms with van der Waals surface area (Å²) in [6.07, 6.45) is 1.46. The van der Waals surface area contributed by atoms with Gasteiger partial charge in [0.1, 0.15) is 17.3 Å². The highest BCUT2D eigenvalue weighted by molar-refractivity contribution is 9.10. The minimum atomic E-state index is -0.326. The van der Waals surface area contributed by atoms with Crippen LogP contribution in [0.3, 0.4) is 0 Å². The molecule has 0 saturated heterocycles. The maximum atomic E-state index is 12.1. The number of nitrogens with one attached hydrogen (secondary N) is 1. The number of nitrogens with zero attached hydrogens (tertiary/aromatic N) is 1. The molecule has 1 amide bonds. The molecular weight excluding hydrogens is 396 g/mol. The Morgan fingerprint density at radius 3 is 2.81 bits per heavy atom. The molecule has 0 bridgehead atoms. The fourth-order valence-corrected chi connectivity index (χ4v) is 3.06. The predicted molar refractivity (Wildman–Crippen MR) is 105 cm³/mol. The number of hydrazone groups is 1. The molecule has 0 unspecified atom stereocenters. The molecule has 0 atom stereocenters. The maximum absolute atomic E-state index is 12.1. The summed E-state index contributed by atoms with van der Waals surface area (Å²) in [7, 11) is 1.55. The minimum absolute atomic E-state index is 0.326. The van der Waals surface area contributed by atoms with E-state index in [9.17, 15) is 4.79 Å². The molecular formula is C20H17BrN2O3. The second-order valence-electron chi connectivity index (χ2n) is 5.62. The lowest BCUT2D eigenvalue weighted by Crippen LogP contribution is -2.17. The first-order chi connectivity index (χ1) is 12.6. The van der Waals surface area contributed by atoms with Crippen LogP contribution in [0.4, 0.5) is 0 Å². The number of benzene rings is 2. The fraction of sp³-hybridized carbons (Fsp3) is 0.100. The maximum Gasteiger partial charge on any atom is 0.271 e. The largest absolute Gasteiger partial charge is 0.497 e. The molecule has 0 aliphatic heterocycles. The molecule has 0 radical (unpaired) electrons. The number of aryl methyl sites for hydroxylation is 1. The summed E-state index contributed by atoms with van der Waals surface area (Å²) in [6.45, 7) is 2.03. The third kappa shape index (κ3) is 4.21. The molecule has 0 spiro atoms. The van der Waals surface area contributed by atoms with Crippen LogP contribution < -0.4 is 10.2 Å². The monoisotopic (exact) mass is 412 g/mol. The van der Waals surface area contributed by atoms with Crippen molar-refractivity contribution >= 4 is 28.1 Å². The fourth-order valence-electron chi connectivity index (χ4n) is 2.37. The summed E-state index contributed by atoms with van der Waals surface area (Å²) in [4.78, 5) is 12.1. The van der Waals surface area contributed by atoms with E-state index in [-0.39, 0.29) is 5.91 Å². The molecule has 0 saturated carbocycles. The number of amides is 1. The molecule has 1 N–H and O–H groups in total. The van der Waals surface area contributed by atoms with Gasteiger partial charge in [-0.3, -0.25) is 4.79 Å². The van der Waals surface area contributed by atoms with Crippen LogP contribution in [0.5, 0.6) is 5.75 Å². The van der Waals surface area contributed by atoms with Crippen molar-refractivity contribution in [3.05, 3.63) is 76.0 Å². The van der Waals surface area contributed by atoms with Gasteiger partial charge in [-0.2, -0.15) is 5.10 Å². The van der Waals surface area contributed by atoms with Crippen LogP contribution in [0.2, 0.25) is 0 Å². The SMILES string of the molecule is COc1cccc(C(=O)N/N=C\c2ccc(-c3ccc(C)cc3Br)o2)c1. The van der Waals surface area contributed by atoms with Crippen molar-refractivity contribution in [3.63, 3.8) is 0 Å². The third-order valence-electron chi connectivity index (χ3n) is 3.71. The van der Waals surface area contributed by atoms with E-state index in [1.54, 1.807) is 37.4 Å². The average Bonchev–Trinajstić information content (AvgIpc) is 3.10. The first-order valence-electron chi connectivity index (χ1n) is 7.90. The number of hydrogen-bond acceptors (Lipinski definition) is 4. The minimum Gasteiger partial charge on any atom is -0.497 e. The molecule has 1 heterocycles. The van der Waals surface area contributed by atoms with Crippen LogP contribution >= 0.6 is 15.9 Å². The van der Waals surface area contributed by atoms with Crippen molar-refractivity contribution in [2.45, 2.75) is 6.92 Å². The van der Waals surface area contributed by atoms with Crippen molar-refractivity contribution in [3.8, 4) is 17.1 Å². The predicted octanol–water partition coefficient (Wildman–Crippen LogP) is 4.79. The standard InChI is InChI=1S/C20H17BrN2O3/c1-13-6-8-17(18(21)10-13)19-9-7-16(26-19)12-22-23-20(24)14-4-3-5-15(11-14)25-2/h3-12H,1-2H3,(H,23,24)/b22-12-. The molecule has 132 valence electrons. The second kappa shape index (κ2) is 8.01. The molecule has 0 aliphatic rings. The van der Waals surface area contributed by atoms with E-state index < -0.39 is 0 Å². The molecule has 2 aromatic carbocycles. The molecule has 26 heavy (non-hydrogen) atoms. The third-order valence-corrected chi connectivity index (χ3v) is 4.36. The van der Waals surface area contributed by atoms with Gasteiger partial charge in [0.05, 0.1) is 13.3 Å². The number of ether oxygens (including phenoxy) is 1. The molecule has 6 heteroatoms. The van der Waals surface area contributed by atoms with Crippen LogP contribution in [0.25, 0.3) is 11.3 Å². The van der Waals surface area contributed by atoms with Crippen LogP contribution in [0.1, 0.15) is 21.7 Å². The summed E-state index contributed by atoms with van der Waals surface area (Å²) in [6, 6.07) is 16.5. The van der Waals surface area contributed by atoms with Crippen molar-refractivity contribution in [2.24, 2.45) is 5.10 Å². The Bertz CT molecular complexity index is 963. The molecule has 1 aromatic heterocycles. The van der Waals surface area contributed by atoms with E-state index in [0.29, 0.717) is 17.1 Å². The number of carbonyl (C=O) groups is 1. The quantitative estimate of drug-likeness (QED) is 0.483. The average molecular weight is 413 g/mol. The summed E-state index contributed by atoms with van der Waals surface area (Å²) in [5.74, 6) is 1.55. The van der Waals surface area contributed by atoms with Crippen LogP contribution in [0, 0.1) is 6.92 Å². The highest BCUT2D eigenvalue weighted by Crippen LogP contribution is 2.30. The van der Waals surface area contributed by atoms with Gasteiger partial charge in [0, 0.05) is 15.6 Å². The summed E-state index contributed by atoms with van der Waals surface area (Å²) in [5.41, 5.74) is 5.05. The lowest BCUT2D eigenvalue weighted by atomic mass is 10.1. The Morgan fingerprint density at radius 1 is 1.19 bits per heavy atom. The lowest BCUT2D eigenvalue weighted by Gasteiger charge is -2.03. The van der Waals surface area contributed by atoms with Gasteiger partial charge in [-0.15, -0.1) is 0 Å². The van der Waals surface area contributed by atoms with E-state index >= 15 is 0 Å². The first-order valence-corrected chi connectivity index (χ1v) is 8.70. The van der Waals surface area contributed by atoms with Crippen molar-refractivity contribution in [2.75, 3.05) is 7.11 Å². The highest BCUT2D eigenvalue weighted by Gasteiger charge is 2.08. The van der Waals surface area contributed by atoms with Gasteiger partial charge in [-0.25, -0.2) is 5.43 Å². The number of rotatable bonds is 5. The summed E-state index contributed by atoms with van der Waals surface area (Å²) >= 11 is 3.54. The molecule has 3 aromatic rings. The van der Waals surface area contributed by atoms with Gasteiger partial charge >= 0.3 is 0 Å². The van der Waals surface area contributed by atoms with Crippen molar-refractivity contribution in [1.82, 2.24) is 5.43 Å². The van der Waals surface area contributed by atoms with Gasteiger partial charge in [0.25, 0.3) is 5.91 Å². The molecule has 3 rings (SSSR count). The Labute approximate surface area is 159 Å². The lowest BCUT2D eigenvalue weighted by molar-refractivity contribution is 0.0955. The number of methoxy groups -OCH3 is 1. The topological polar surface area (TPSA) is 63.8 Å². The Hall–Kier alpha value is -2.86. The molecule has 5 nitrogen and oxygen atoms in total. The van der Waals surface area contributed by atoms with Gasteiger partial charge in [-0.1, -0.05) is 28.1 Å². The Morgan fingerprint density at radius 2 is 2.04 bits per heavy atom. The second-order valence-corrected chi connectivity index (χ2v) is 6.47. The zero-order chi connectivity index (χ0) is 18.5. The Balaban J connectivity index is 1.68. The number of hydrogen-bond donors (Lipinski definition) is 1. The van der Waals surface area contributed by atoms with E-state index in [1.807, 2.05) is 31.2 Å². The number of furan rings is 1. The molecule has 0 fully saturated rings. The van der Waals surface area contributed by atoms with Gasteiger partial charge in [-0.05, 0) is 55.0 Å². The van der Waals surface area contributed by atoms with E-state index in [4.69, 9.17) is 9.15 Å². The van der Waals surface area contributed by atoms with Crippen LogP contribution in [0.15, 0.2) is 68.6 Å². The zero-order valence-electron chi connectivity index (χ0n) is 14.3. The van der Waals surface area contributed by atoms with E-state index in [2.05, 4.69) is 26.5 Å². The Kier molecular flexibility index (Phi) is 5.53. The van der Waals surface area contributed by atoms with Gasteiger partial charge < -0.3 is 9.15 Å². The summed E-state index contributed by atoms with van der Waals surface area (Å²) in [5, 5.41) is 3.95. The zero-order valence-corrected chi connectivity index (χ0v) is 15.9. The smallest absolute Gasteiger partial charge is 0.271 e. The van der Waals surface area contributed by atoms with Crippen LogP contribution in [-0.4, -0.2) is 19.2 Å². The number of carbonyl (C=O) groups excluding carboxylic acids is 1. The highest BCUT2D eigenvalue weighted by atomic mass is 79.9. The first kappa shape index (κ1) is 17.9. The van der Waals surface area contributed by atoms with E-state index in [0.717, 1.165) is 21.4 Å². The van der Waals surface area contributed by atoms with Crippen molar-refractivity contribution in [1.29, 1.82) is 0 Å². The van der Waals surface area contributed by atoms with E-state index in [1.165, 1.54) is 6.21 Å². The number of halogens is 1. The van der Waals surface area contributed by atoms with Crippen LogP contribution in [-0.2, 0) is 0 Å². The molecule has 0 aliphatic carbocycles. The normalized spacial score (nSPS) is 10.9.